The molecule has 0 spiro atoms. The third-order valence-electron chi connectivity index (χ3n) is 1.65. The van der Waals surface area contributed by atoms with E-state index in [1.807, 2.05) is 32.5 Å². The number of hydrogen-bond donors (Lipinski definition) is 1. The van der Waals surface area contributed by atoms with Gasteiger partial charge in [0.2, 0.25) is 0 Å². The number of aryl methyl sites for hydroxylation is 1. The maximum Gasteiger partial charge on any atom is 0.139 e. The van der Waals surface area contributed by atoms with Crippen molar-refractivity contribution in [3.8, 4) is 0 Å². The molecule has 1 aliphatic heterocycles. The highest BCUT2D eigenvalue weighted by molar-refractivity contribution is 7.99. The van der Waals surface area contributed by atoms with Gasteiger partial charge in [0.05, 0.1) is 0 Å². The Labute approximate surface area is 84.1 Å². The maximum atomic E-state index is 4.38. The van der Waals surface area contributed by atoms with Crippen molar-refractivity contribution >= 4 is 17.6 Å². The molecule has 0 radical (unpaired) electrons. The van der Waals surface area contributed by atoms with Crippen molar-refractivity contribution in [3.05, 3.63) is 17.8 Å². The molecule has 0 amide bonds. The lowest BCUT2D eigenvalue weighted by Gasteiger charge is -2.15. The Morgan fingerprint density at radius 2 is 2.15 bits per heavy atom. The molecule has 13 heavy (non-hydrogen) atoms. The van der Waals surface area contributed by atoms with Gasteiger partial charge in [0.25, 0.3) is 0 Å². The van der Waals surface area contributed by atoms with Gasteiger partial charge in [-0.3, -0.25) is 0 Å². The van der Waals surface area contributed by atoms with Crippen molar-refractivity contribution < 1.29 is 0 Å². The lowest BCUT2D eigenvalue weighted by Crippen LogP contribution is -2.11. The molecule has 3 heteroatoms. The average Bonchev–Trinajstić information content (AvgIpc) is 2.21. The van der Waals surface area contributed by atoms with E-state index >= 15 is 0 Å². The molecule has 0 saturated heterocycles. The molecule has 72 valence electrons. The third kappa shape index (κ3) is 2.62. The number of nitrogens with zero attached hydrogens (tertiary/aromatic N) is 1. The van der Waals surface area contributed by atoms with Crippen LogP contribution >= 0.6 is 11.8 Å². The summed E-state index contributed by atoms with van der Waals surface area (Å²) >= 11 is 1.87. The first-order chi connectivity index (χ1) is 6.36. The van der Waals surface area contributed by atoms with Gasteiger partial charge in [0.15, 0.2) is 0 Å². The highest BCUT2D eigenvalue weighted by atomic mass is 32.2. The number of hydrogen-bond acceptors (Lipinski definition) is 3. The number of thioether (sulfide) groups is 1. The minimum atomic E-state index is 1.04. The fourth-order valence-electron chi connectivity index (χ4n) is 1.12. The van der Waals surface area contributed by atoms with Crippen molar-refractivity contribution in [2.45, 2.75) is 25.7 Å². The predicted octanol–water partition coefficient (Wildman–Crippen LogP) is 2.93. The van der Waals surface area contributed by atoms with Gasteiger partial charge < -0.3 is 5.32 Å². The fourth-order valence-corrected chi connectivity index (χ4v) is 1.96. The first-order valence-electron chi connectivity index (χ1n) is 4.70. The summed E-state index contributed by atoms with van der Waals surface area (Å²) < 4.78 is 0. The monoisotopic (exact) mass is 196 g/mol. The van der Waals surface area contributed by atoms with Gasteiger partial charge in [-0.25, -0.2) is 4.98 Å². The average molecular weight is 196 g/mol. The highest BCUT2D eigenvalue weighted by Crippen LogP contribution is 2.28. The van der Waals surface area contributed by atoms with Crippen LogP contribution in [0.3, 0.4) is 0 Å². The molecule has 1 N–H and O–H groups in total. The summed E-state index contributed by atoms with van der Waals surface area (Å²) in [6, 6.07) is 4.19. The fraction of sp³-hybridized carbons (Fsp3) is 0.500. The Bertz CT molecular complexity index is 274. The van der Waals surface area contributed by atoms with Gasteiger partial charge in [-0.2, -0.15) is 0 Å². The number of aromatic nitrogens is 1. The molecular formula is C10H16N2S. The van der Waals surface area contributed by atoms with E-state index in [-0.39, 0.29) is 0 Å². The minimum absolute atomic E-state index is 1.04. The second-order valence-electron chi connectivity index (χ2n) is 2.57. The van der Waals surface area contributed by atoms with Gasteiger partial charge in [-0.05, 0) is 19.1 Å². The number of fused-ring (bicyclic) bond motifs is 1. The van der Waals surface area contributed by atoms with Gasteiger partial charge in [0.1, 0.15) is 5.82 Å². The zero-order valence-corrected chi connectivity index (χ0v) is 9.24. The topological polar surface area (TPSA) is 24.9 Å². The van der Waals surface area contributed by atoms with E-state index in [1.165, 1.54) is 4.90 Å². The first-order valence-corrected chi connectivity index (χ1v) is 5.69. The summed E-state index contributed by atoms with van der Waals surface area (Å²) in [7, 11) is 0. The second kappa shape index (κ2) is 5.12. The molecule has 1 aromatic heterocycles. The van der Waals surface area contributed by atoms with Crippen LogP contribution in [-0.2, 0) is 0 Å². The van der Waals surface area contributed by atoms with E-state index in [4.69, 9.17) is 0 Å². The normalized spacial score (nSPS) is 13.5. The SMILES string of the molecule is CC.Cc1ccc2c(n1)NCCS2. The summed E-state index contributed by atoms with van der Waals surface area (Å²) in [6.45, 7) is 7.05. The molecule has 0 saturated carbocycles. The van der Waals surface area contributed by atoms with Crippen molar-refractivity contribution in [2.24, 2.45) is 0 Å². The van der Waals surface area contributed by atoms with Crippen molar-refractivity contribution in [1.82, 2.24) is 4.98 Å². The van der Waals surface area contributed by atoms with Gasteiger partial charge in [0, 0.05) is 22.9 Å². The number of anilines is 1. The van der Waals surface area contributed by atoms with Crippen LogP contribution in [0.15, 0.2) is 17.0 Å². The quantitative estimate of drug-likeness (QED) is 0.690. The third-order valence-corrected chi connectivity index (χ3v) is 2.70. The van der Waals surface area contributed by atoms with Crippen molar-refractivity contribution in [2.75, 3.05) is 17.6 Å². The lowest BCUT2D eigenvalue weighted by atomic mass is 10.3. The van der Waals surface area contributed by atoms with E-state index in [9.17, 15) is 0 Å². The van der Waals surface area contributed by atoms with Gasteiger partial charge in [-0.1, -0.05) is 13.8 Å². The molecule has 0 fully saturated rings. The summed E-state index contributed by atoms with van der Waals surface area (Å²) in [6.07, 6.45) is 0. The standard InChI is InChI=1S/C8H10N2S.C2H6/c1-6-2-3-7-8(10-6)9-4-5-11-7;1-2/h2-3H,4-5H2,1H3,(H,9,10);1-2H3. The van der Waals surface area contributed by atoms with Crippen LogP contribution in [-0.4, -0.2) is 17.3 Å². The van der Waals surface area contributed by atoms with Crippen LogP contribution in [0, 0.1) is 6.92 Å². The van der Waals surface area contributed by atoms with Crippen LogP contribution in [0.2, 0.25) is 0 Å². The lowest BCUT2D eigenvalue weighted by molar-refractivity contribution is 1.07. The summed E-state index contributed by atoms with van der Waals surface area (Å²) in [4.78, 5) is 5.66. The molecule has 0 atom stereocenters. The summed E-state index contributed by atoms with van der Waals surface area (Å²) in [5.41, 5.74) is 1.08. The number of pyridine rings is 1. The second-order valence-corrected chi connectivity index (χ2v) is 3.71. The van der Waals surface area contributed by atoms with Crippen LogP contribution < -0.4 is 5.32 Å². The Morgan fingerprint density at radius 1 is 1.38 bits per heavy atom. The molecule has 0 aromatic carbocycles. The molecule has 0 unspecified atom stereocenters. The van der Waals surface area contributed by atoms with E-state index < -0.39 is 0 Å². The first kappa shape index (κ1) is 10.4. The van der Waals surface area contributed by atoms with Gasteiger partial charge >= 0.3 is 0 Å². The zero-order valence-electron chi connectivity index (χ0n) is 8.42. The Kier molecular flexibility index (Phi) is 4.09. The Balaban J connectivity index is 0.000000396. The molecule has 2 heterocycles. The summed E-state index contributed by atoms with van der Waals surface area (Å²) in [5, 5.41) is 3.27. The molecule has 0 aliphatic carbocycles. The van der Waals surface area contributed by atoms with Crippen LogP contribution in [0.5, 0.6) is 0 Å². The van der Waals surface area contributed by atoms with Crippen molar-refractivity contribution in [1.29, 1.82) is 0 Å². The molecule has 2 rings (SSSR count). The molecule has 1 aromatic rings. The van der Waals surface area contributed by atoms with E-state index in [2.05, 4.69) is 22.4 Å². The minimum Gasteiger partial charge on any atom is -0.368 e. The molecule has 0 bridgehead atoms. The number of rotatable bonds is 0. The molecular weight excluding hydrogens is 180 g/mol. The summed E-state index contributed by atoms with van der Waals surface area (Å²) in [5.74, 6) is 2.21. The van der Waals surface area contributed by atoms with Gasteiger partial charge in [-0.15, -0.1) is 11.8 Å². The largest absolute Gasteiger partial charge is 0.368 e. The Morgan fingerprint density at radius 3 is 2.92 bits per heavy atom. The predicted molar refractivity (Wildman–Crippen MR) is 59.5 cm³/mol. The smallest absolute Gasteiger partial charge is 0.139 e. The van der Waals surface area contributed by atoms with E-state index in [0.717, 1.165) is 23.8 Å². The molecule has 2 nitrogen and oxygen atoms in total. The van der Waals surface area contributed by atoms with Crippen LogP contribution in [0.25, 0.3) is 0 Å². The molecule has 1 aliphatic rings. The van der Waals surface area contributed by atoms with E-state index in [1.54, 1.807) is 0 Å². The van der Waals surface area contributed by atoms with Crippen LogP contribution in [0.4, 0.5) is 5.82 Å². The maximum absolute atomic E-state index is 4.38. The van der Waals surface area contributed by atoms with E-state index in [0.29, 0.717) is 0 Å². The van der Waals surface area contributed by atoms with Crippen LogP contribution in [0.1, 0.15) is 19.5 Å². The highest BCUT2D eigenvalue weighted by Gasteiger charge is 2.08. The zero-order chi connectivity index (χ0) is 9.68. The number of nitrogens with one attached hydrogen (secondary N) is 1. The Hall–Kier alpha value is -0.700. The van der Waals surface area contributed by atoms with Crippen molar-refractivity contribution in [3.63, 3.8) is 0 Å².